The monoisotopic (exact) mass is 227 g/mol. The molecule has 0 fully saturated rings. The Morgan fingerprint density at radius 3 is 2.69 bits per heavy atom. The van der Waals surface area contributed by atoms with Gasteiger partial charge in [0, 0.05) is 24.8 Å². The SMILES string of the molecule is CNCC(O)C(O)c1cnn(CC(C)C)c1. The highest BCUT2D eigenvalue weighted by Gasteiger charge is 2.19. The molecule has 1 rings (SSSR count). The summed E-state index contributed by atoms with van der Waals surface area (Å²) >= 11 is 0. The van der Waals surface area contributed by atoms with Crippen LogP contribution in [-0.2, 0) is 6.54 Å². The molecule has 1 aromatic heterocycles. The molecule has 1 aromatic rings. The van der Waals surface area contributed by atoms with E-state index in [2.05, 4.69) is 24.3 Å². The maximum Gasteiger partial charge on any atom is 0.109 e. The van der Waals surface area contributed by atoms with Gasteiger partial charge in [0.25, 0.3) is 0 Å². The van der Waals surface area contributed by atoms with Crippen LogP contribution >= 0.6 is 0 Å². The van der Waals surface area contributed by atoms with E-state index in [9.17, 15) is 10.2 Å². The first kappa shape index (κ1) is 13.2. The Labute approximate surface area is 96.1 Å². The first-order chi connectivity index (χ1) is 7.54. The van der Waals surface area contributed by atoms with Crippen LogP contribution in [0.2, 0.25) is 0 Å². The molecule has 0 saturated carbocycles. The second kappa shape index (κ2) is 5.98. The first-order valence-electron chi connectivity index (χ1n) is 5.57. The first-order valence-corrected chi connectivity index (χ1v) is 5.57. The maximum atomic E-state index is 9.82. The average molecular weight is 227 g/mol. The van der Waals surface area contributed by atoms with Crippen molar-refractivity contribution in [3.8, 4) is 0 Å². The average Bonchev–Trinajstić information content (AvgIpc) is 2.64. The fourth-order valence-electron chi connectivity index (χ4n) is 1.55. The molecule has 5 nitrogen and oxygen atoms in total. The number of aliphatic hydroxyl groups excluding tert-OH is 2. The summed E-state index contributed by atoms with van der Waals surface area (Å²) in [6.45, 7) is 5.38. The van der Waals surface area contributed by atoms with E-state index in [-0.39, 0.29) is 0 Å². The van der Waals surface area contributed by atoms with E-state index in [0.29, 0.717) is 18.0 Å². The van der Waals surface area contributed by atoms with Gasteiger partial charge in [-0.1, -0.05) is 13.8 Å². The van der Waals surface area contributed by atoms with Crippen molar-refractivity contribution in [1.29, 1.82) is 0 Å². The van der Waals surface area contributed by atoms with Gasteiger partial charge >= 0.3 is 0 Å². The maximum absolute atomic E-state index is 9.82. The van der Waals surface area contributed by atoms with E-state index in [1.165, 1.54) is 0 Å². The van der Waals surface area contributed by atoms with Crippen LogP contribution in [0.3, 0.4) is 0 Å². The Bertz CT molecular complexity index is 312. The van der Waals surface area contributed by atoms with Crippen LogP contribution in [0.1, 0.15) is 25.5 Å². The molecule has 2 atom stereocenters. The fraction of sp³-hybridized carbons (Fsp3) is 0.727. The molecule has 0 saturated heterocycles. The predicted molar refractivity (Wildman–Crippen MR) is 62.0 cm³/mol. The Kier molecular flexibility index (Phi) is 4.92. The highest BCUT2D eigenvalue weighted by Crippen LogP contribution is 2.16. The number of nitrogens with zero attached hydrogens (tertiary/aromatic N) is 2. The normalized spacial score (nSPS) is 15.4. The van der Waals surface area contributed by atoms with Crippen LogP contribution in [0.25, 0.3) is 0 Å². The summed E-state index contributed by atoms with van der Waals surface area (Å²) in [7, 11) is 1.73. The highest BCUT2D eigenvalue weighted by molar-refractivity contribution is 5.09. The molecule has 5 heteroatoms. The van der Waals surface area contributed by atoms with Crippen LogP contribution in [0.5, 0.6) is 0 Å². The summed E-state index contributed by atoms with van der Waals surface area (Å²) in [5, 5.41) is 26.4. The van der Waals surface area contributed by atoms with Gasteiger partial charge in [-0.3, -0.25) is 4.68 Å². The molecule has 0 aliphatic heterocycles. The number of likely N-dealkylation sites (N-methyl/N-ethyl adjacent to an activating group) is 1. The lowest BCUT2D eigenvalue weighted by Gasteiger charge is -2.15. The van der Waals surface area contributed by atoms with Crippen molar-refractivity contribution >= 4 is 0 Å². The molecule has 92 valence electrons. The summed E-state index contributed by atoms with van der Waals surface area (Å²) < 4.78 is 1.79. The Morgan fingerprint density at radius 1 is 1.44 bits per heavy atom. The Morgan fingerprint density at radius 2 is 2.12 bits per heavy atom. The smallest absolute Gasteiger partial charge is 0.109 e. The second-order valence-electron chi connectivity index (χ2n) is 4.46. The summed E-state index contributed by atoms with van der Waals surface area (Å²) in [5.41, 5.74) is 0.656. The molecule has 0 spiro atoms. The number of aromatic nitrogens is 2. The third kappa shape index (κ3) is 3.59. The van der Waals surface area contributed by atoms with Crippen molar-refractivity contribution in [1.82, 2.24) is 15.1 Å². The van der Waals surface area contributed by atoms with Crippen LogP contribution in [0.4, 0.5) is 0 Å². The lowest BCUT2D eigenvalue weighted by molar-refractivity contribution is 0.0202. The zero-order valence-corrected chi connectivity index (χ0v) is 10.1. The van der Waals surface area contributed by atoms with Crippen molar-refractivity contribution in [2.24, 2.45) is 5.92 Å². The molecule has 0 aliphatic carbocycles. The largest absolute Gasteiger partial charge is 0.389 e. The third-order valence-corrected chi connectivity index (χ3v) is 2.32. The summed E-state index contributed by atoms with van der Waals surface area (Å²) in [5.74, 6) is 0.507. The minimum absolute atomic E-state index is 0.358. The standard InChI is InChI=1S/C11H21N3O2/c1-8(2)6-14-7-9(4-13-14)11(16)10(15)5-12-3/h4,7-8,10-12,15-16H,5-6H2,1-3H3. The molecular weight excluding hydrogens is 206 g/mol. The van der Waals surface area contributed by atoms with Crippen molar-refractivity contribution < 1.29 is 10.2 Å². The zero-order valence-electron chi connectivity index (χ0n) is 10.1. The van der Waals surface area contributed by atoms with E-state index in [4.69, 9.17) is 0 Å². The van der Waals surface area contributed by atoms with Gasteiger partial charge in [0.2, 0.25) is 0 Å². The van der Waals surface area contributed by atoms with Crippen molar-refractivity contribution in [3.63, 3.8) is 0 Å². The van der Waals surface area contributed by atoms with E-state index >= 15 is 0 Å². The van der Waals surface area contributed by atoms with Gasteiger partial charge in [-0.25, -0.2) is 0 Å². The van der Waals surface area contributed by atoms with Crippen molar-refractivity contribution in [2.45, 2.75) is 32.6 Å². The van der Waals surface area contributed by atoms with Crippen LogP contribution in [-0.4, -0.2) is 39.7 Å². The molecule has 16 heavy (non-hydrogen) atoms. The predicted octanol–water partition coefficient (Wildman–Crippen LogP) is 0.153. The molecule has 0 amide bonds. The molecule has 1 heterocycles. The van der Waals surface area contributed by atoms with Crippen LogP contribution in [0.15, 0.2) is 12.4 Å². The molecular formula is C11H21N3O2. The van der Waals surface area contributed by atoms with Gasteiger partial charge in [-0.15, -0.1) is 0 Å². The van der Waals surface area contributed by atoms with Gasteiger partial charge in [0.05, 0.1) is 12.3 Å². The van der Waals surface area contributed by atoms with Crippen LogP contribution < -0.4 is 5.32 Å². The third-order valence-electron chi connectivity index (χ3n) is 2.32. The molecule has 0 bridgehead atoms. The quantitative estimate of drug-likeness (QED) is 0.647. The fourth-order valence-corrected chi connectivity index (χ4v) is 1.55. The Hall–Kier alpha value is -0.910. The van der Waals surface area contributed by atoms with Crippen molar-refractivity contribution in [3.05, 3.63) is 18.0 Å². The van der Waals surface area contributed by atoms with Crippen molar-refractivity contribution in [2.75, 3.05) is 13.6 Å². The highest BCUT2D eigenvalue weighted by atomic mass is 16.3. The summed E-state index contributed by atoms with van der Waals surface area (Å²) in [6, 6.07) is 0. The minimum Gasteiger partial charge on any atom is -0.389 e. The summed E-state index contributed by atoms with van der Waals surface area (Å²) in [4.78, 5) is 0. The van der Waals surface area contributed by atoms with E-state index in [1.54, 1.807) is 24.1 Å². The molecule has 0 radical (unpaired) electrons. The van der Waals surface area contributed by atoms with Crippen LogP contribution in [0, 0.1) is 5.92 Å². The molecule has 3 N–H and O–H groups in total. The Balaban J connectivity index is 2.62. The van der Waals surface area contributed by atoms with Gasteiger partial charge in [0.1, 0.15) is 6.10 Å². The number of aliphatic hydroxyl groups is 2. The number of hydrogen-bond donors (Lipinski definition) is 3. The lowest BCUT2D eigenvalue weighted by atomic mass is 10.1. The van der Waals surface area contributed by atoms with Gasteiger partial charge in [-0.05, 0) is 13.0 Å². The van der Waals surface area contributed by atoms with E-state index in [0.717, 1.165) is 6.54 Å². The number of nitrogens with one attached hydrogen (secondary N) is 1. The molecule has 0 aromatic carbocycles. The van der Waals surface area contributed by atoms with Gasteiger partial charge < -0.3 is 15.5 Å². The minimum atomic E-state index is -0.881. The van der Waals surface area contributed by atoms with E-state index < -0.39 is 12.2 Å². The van der Waals surface area contributed by atoms with E-state index in [1.807, 2.05) is 0 Å². The summed E-state index contributed by atoms with van der Waals surface area (Å²) in [6.07, 6.45) is 1.70. The molecule has 0 aliphatic rings. The molecule has 2 unspecified atom stereocenters. The topological polar surface area (TPSA) is 70.3 Å². The zero-order chi connectivity index (χ0) is 12.1. The number of rotatable bonds is 6. The van der Waals surface area contributed by atoms with Gasteiger partial charge in [0.15, 0.2) is 0 Å². The van der Waals surface area contributed by atoms with Gasteiger partial charge in [-0.2, -0.15) is 5.10 Å². The lowest BCUT2D eigenvalue weighted by Crippen LogP contribution is -2.29. The number of hydrogen-bond acceptors (Lipinski definition) is 4. The second-order valence-corrected chi connectivity index (χ2v) is 4.46.